The van der Waals surface area contributed by atoms with E-state index in [9.17, 15) is 24.6 Å². The molecule has 12 heteroatoms. The number of nitrogens with zero attached hydrogens (tertiary/aromatic N) is 2. The Morgan fingerprint density at radius 1 is 0.925 bits per heavy atom. The molecule has 2 aliphatic rings. The predicted octanol–water partition coefficient (Wildman–Crippen LogP) is 5.45. The lowest BCUT2D eigenvalue weighted by Crippen LogP contribution is -2.29. The second-order valence-corrected chi connectivity index (χ2v) is 13.7. The lowest BCUT2D eigenvalue weighted by molar-refractivity contribution is -0.140. The van der Waals surface area contributed by atoms with Gasteiger partial charge in [-0.15, -0.1) is 0 Å². The molecule has 12 nitrogen and oxygen atoms in total. The van der Waals surface area contributed by atoms with Gasteiger partial charge in [0.2, 0.25) is 5.91 Å². The number of ether oxygens (including phenoxy) is 1. The molecule has 6 N–H and O–H groups in total. The Morgan fingerprint density at radius 3 is 2.26 bits per heavy atom. The number of hydrogen-bond acceptors (Lipinski definition) is 8. The van der Waals surface area contributed by atoms with Crippen molar-refractivity contribution >= 4 is 57.1 Å². The van der Waals surface area contributed by atoms with Crippen molar-refractivity contribution in [2.45, 2.75) is 85.0 Å². The van der Waals surface area contributed by atoms with Crippen LogP contribution in [0.15, 0.2) is 24.8 Å². The van der Waals surface area contributed by atoms with E-state index in [2.05, 4.69) is 54.0 Å². The fourth-order valence-corrected chi connectivity index (χ4v) is 7.39. The van der Waals surface area contributed by atoms with Gasteiger partial charge in [-0.25, -0.2) is 4.98 Å². The van der Waals surface area contributed by atoms with E-state index in [1.165, 1.54) is 7.11 Å². The van der Waals surface area contributed by atoms with Gasteiger partial charge in [0.25, 0.3) is 5.91 Å². The third kappa shape index (κ3) is 8.13. The summed E-state index contributed by atoms with van der Waals surface area (Å²) in [4.78, 5) is 57.9. The van der Waals surface area contributed by atoms with Crippen molar-refractivity contribution in [3.05, 3.63) is 75.4 Å². The molecule has 0 fully saturated rings. The normalized spacial score (nSPS) is 15.4. The van der Waals surface area contributed by atoms with Crippen LogP contribution in [0.5, 0.6) is 0 Å². The second kappa shape index (κ2) is 17.2. The Labute approximate surface area is 310 Å². The van der Waals surface area contributed by atoms with Gasteiger partial charge in [0, 0.05) is 83.4 Å². The Bertz CT molecular complexity index is 2110. The largest absolute Gasteiger partial charge is 0.469 e. The standard InChI is InChI=1S/C41H52N6O6/c1-8-26-22(3)30-19-32-24(5)28(12-13-37(51)53-7)39(46-32)29(18-36(50)42-14-10-16-48)40-38(41(52)43-15-11-17-49)25(6)33(47-40)21-35-27(9-2)23(4)31(45-35)20-34(26)44-30/h8,19-21,24,28,44-45,48-49H,1,9-18H2,2-7H3,(H,42,50)(H,43,52)/t24-,28-/m0/s1. The Hall–Kier alpha value is -5.07. The number of aliphatic hydroxyl groups is 2. The van der Waals surface area contributed by atoms with Crippen molar-refractivity contribution in [3.63, 3.8) is 0 Å². The van der Waals surface area contributed by atoms with E-state index in [4.69, 9.17) is 14.7 Å². The molecule has 5 rings (SSSR count). The molecular weight excluding hydrogens is 672 g/mol. The van der Waals surface area contributed by atoms with Gasteiger partial charge in [0.15, 0.2) is 0 Å². The molecule has 282 valence electrons. The van der Waals surface area contributed by atoms with Crippen molar-refractivity contribution < 1.29 is 29.3 Å². The summed E-state index contributed by atoms with van der Waals surface area (Å²) in [6.07, 6.45) is 3.74. The minimum Gasteiger partial charge on any atom is -0.469 e. The number of aliphatic hydroxyl groups excluding tert-OH is 2. The highest BCUT2D eigenvalue weighted by Crippen LogP contribution is 2.44. The maximum atomic E-state index is 14.1. The molecule has 3 aromatic rings. The van der Waals surface area contributed by atoms with Crippen molar-refractivity contribution in [1.29, 1.82) is 0 Å². The van der Waals surface area contributed by atoms with Crippen LogP contribution in [-0.4, -0.2) is 81.3 Å². The molecule has 5 heterocycles. The van der Waals surface area contributed by atoms with E-state index in [1.807, 2.05) is 32.1 Å². The Morgan fingerprint density at radius 2 is 1.60 bits per heavy atom. The molecule has 2 aliphatic heterocycles. The second-order valence-electron chi connectivity index (χ2n) is 13.7. The molecule has 53 heavy (non-hydrogen) atoms. The third-order valence-corrected chi connectivity index (χ3v) is 10.5. The first-order valence-corrected chi connectivity index (χ1v) is 18.4. The minimum absolute atomic E-state index is 0.0727. The third-order valence-electron chi connectivity index (χ3n) is 10.5. The number of carbonyl (C=O) groups excluding carboxylic acids is 3. The van der Waals surface area contributed by atoms with Crippen LogP contribution in [0.2, 0.25) is 0 Å². The molecule has 0 radical (unpaired) electrons. The summed E-state index contributed by atoms with van der Waals surface area (Å²) >= 11 is 0. The van der Waals surface area contributed by atoms with Crippen LogP contribution >= 0.6 is 0 Å². The van der Waals surface area contributed by atoms with Gasteiger partial charge in [-0.1, -0.05) is 26.5 Å². The first-order chi connectivity index (χ1) is 25.5. The maximum Gasteiger partial charge on any atom is 0.305 e. The average molecular weight is 725 g/mol. The van der Waals surface area contributed by atoms with Gasteiger partial charge in [-0.05, 0) is 86.9 Å². The molecule has 8 bridgehead atoms. The van der Waals surface area contributed by atoms with E-state index >= 15 is 0 Å². The molecule has 0 aliphatic carbocycles. The topological polar surface area (TPSA) is 182 Å². The van der Waals surface area contributed by atoms with E-state index in [1.54, 1.807) is 0 Å². The van der Waals surface area contributed by atoms with Crippen molar-refractivity contribution in [1.82, 2.24) is 30.6 Å². The van der Waals surface area contributed by atoms with Crippen molar-refractivity contribution in [2.75, 3.05) is 33.4 Å². The highest BCUT2D eigenvalue weighted by Gasteiger charge is 2.35. The molecule has 0 aromatic carbocycles. The van der Waals surface area contributed by atoms with Crippen LogP contribution in [0, 0.1) is 13.8 Å². The van der Waals surface area contributed by atoms with Crippen molar-refractivity contribution in [2.24, 2.45) is 0 Å². The first-order valence-electron chi connectivity index (χ1n) is 18.4. The smallest absolute Gasteiger partial charge is 0.305 e. The number of aryl methyl sites for hydroxylation is 3. The van der Waals surface area contributed by atoms with Crippen LogP contribution in [0.4, 0.5) is 0 Å². The van der Waals surface area contributed by atoms with E-state index in [0.29, 0.717) is 53.1 Å². The number of aromatic nitrogens is 4. The van der Waals surface area contributed by atoms with Crippen LogP contribution in [0.25, 0.3) is 39.3 Å². The van der Waals surface area contributed by atoms with Gasteiger partial charge >= 0.3 is 5.97 Å². The van der Waals surface area contributed by atoms with Gasteiger partial charge in [0.1, 0.15) is 0 Å². The molecule has 0 unspecified atom stereocenters. The number of carbonyl (C=O) groups is 3. The molecule has 0 saturated carbocycles. The molecule has 0 saturated heterocycles. The number of methoxy groups -OCH3 is 1. The Kier molecular flexibility index (Phi) is 12.7. The lowest BCUT2D eigenvalue weighted by atomic mass is 9.84. The fourth-order valence-electron chi connectivity index (χ4n) is 7.39. The number of H-pyrrole nitrogens is 2. The van der Waals surface area contributed by atoms with Gasteiger partial charge < -0.3 is 35.6 Å². The summed E-state index contributed by atoms with van der Waals surface area (Å²) < 4.78 is 5.02. The van der Waals surface area contributed by atoms with Crippen LogP contribution in [0.3, 0.4) is 0 Å². The van der Waals surface area contributed by atoms with Crippen LogP contribution in [-0.2, 0) is 32.0 Å². The van der Waals surface area contributed by atoms with E-state index < -0.39 is 0 Å². The molecular formula is C41H52N6O6. The first kappa shape index (κ1) is 39.1. The number of fused-ring (bicyclic) bond motifs is 8. The van der Waals surface area contributed by atoms with Gasteiger partial charge in [0.05, 0.1) is 36.2 Å². The molecule has 2 atom stereocenters. The molecule has 2 amide bonds. The summed E-state index contributed by atoms with van der Waals surface area (Å²) in [6.45, 7) is 14.6. The van der Waals surface area contributed by atoms with E-state index in [-0.39, 0.29) is 68.8 Å². The lowest BCUT2D eigenvalue weighted by Gasteiger charge is -2.19. The van der Waals surface area contributed by atoms with E-state index in [0.717, 1.165) is 56.4 Å². The number of aromatic amines is 2. The SMILES string of the molecule is C=Cc1c(C)c2cc3nc(c(CC(=O)NCCCO)c4nc(cc5[nH]c(cc1[nH]2)c(C)c5CC)C(C)=C4C(=O)NCCCO)[C@@H](CCC(=O)OC)[C@@H]3C. The van der Waals surface area contributed by atoms with Crippen LogP contribution < -0.4 is 10.6 Å². The molecule has 0 spiro atoms. The summed E-state index contributed by atoms with van der Waals surface area (Å²) in [6, 6.07) is 6.06. The summed E-state index contributed by atoms with van der Waals surface area (Å²) in [5.41, 5.74) is 11.4. The zero-order valence-corrected chi connectivity index (χ0v) is 31.7. The zero-order chi connectivity index (χ0) is 38.4. The summed E-state index contributed by atoms with van der Waals surface area (Å²) in [7, 11) is 1.36. The zero-order valence-electron chi connectivity index (χ0n) is 31.7. The highest BCUT2D eigenvalue weighted by atomic mass is 16.5. The quantitative estimate of drug-likeness (QED) is 0.0938. The predicted molar refractivity (Wildman–Crippen MR) is 208 cm³/mol. The highest BCUT2D eigenvalue weighted by molar-refractivity contribution is 6.27. The van der Waals surface area contributed by atoms with Crippen LogP contribution in [0.1, 0.15) is 109 Å². The average Bonchev–Trinajstić information content (AvgIpc) is 3.82. The number of esters is 1. The number of rotatable bonds is 14. The van der Waals surface area contributed by atoms with Gasteiger partial charge in [-0.3, -0.25) is 19.4 Å². The summed E-state index contributed by atoms with van der Waals surface area (Å²) in [5, 5.41) is 24.7. The Balaban J connectivity index is 1.95. The number of amides is 2. The number of hydrogen-bond donors (Lipinski definition) is 6. The number of nitrogens with one attached hydrogen (secondary N) is 4. The number of allylic oxidation sites excluding steroid dienone is 1. The maximum absolute atomic E-state index is 14.1. The minimum atomic E-state index is -0.374. The van der Waals surface area contributed by atoms with Gasteiger partial charge in [-0.2, -0.15) is 0 Å². The van der Waals surface area contributed by atoms with Crippen molar-refractivity contribution in [3.8, 4) is 0 Å². The summed E-state index contributed by atoms with van der Waals surface area (Å²) in [5.74, 6) is -1.53. The fraction of sp³-hybridized carbons (Fsp3) is 0.439. The monoisotopic (exact) mass is 724 g/mol. The molecule has 3 aromatic heterocycles.